The van der Waals surface area contributed by atoms with Crippen molar-refractivity contribution >= 4 is 11.6 Å². The second-order valence-corrected chi connectivity index (χ2v) is 4.20. The number of benzene rings is 1. The van der Waals surface area contributed by atoms with Crippen LogP contribution in [-0.4, -0.2) is 23.2 Å². The SMILES string of the molecule is CNc1cc(C)ccc1C(=O)NCc1cccnn1. The van der Waals surface area contributed by atoms with E-state index >= 15 is 0 Å². The maximum absolute atomic E-state index is 12.1. The van der Waals surface area contributed by atoms with Crippen LogP contribution in [0.3, 0.4) is 0 Å². The Morgan fingerprint density at radius 2 is 2.16 bits per heavy atom. The Balaban J connectivity index is 2.08. The normalized spacial score (nSPS) is 10.0. The van der Waals surface area contributed by atoms with Crippen LogP contribution in [0.5, 0.6) is 0 Å². The summed E-state index contributed by atoms with van der Waals surface area (Å²) >= 11 is 0. The fourth-order valence-corrected chi connectivity index (χ4v) is 1.76. The highest BCUT2D eigenvalue weighted by atomic mass is 16.1. The van der Waals surface area contributed by atoms with E-state index in [2.05, 4.69) is 20.8 Å². The van der Waals surface area contributed by atoms with Crippen molar-refractivity contribution in [2.75, 3.05) is 12.4 Å². The molecule has 2 aromatic rings. The van der Waals surface area contributed by atoms with Gasteiger partial charge in [0.2, 0.25) is 0 Å². The molecule has 0 bridgehead atoms. The first-order chi connectivity index (χ1) is 9.20. The number of nitrogens with one attached hydrogen (secondary N) is 2. The number of aryl methyl sites for hydroxylation is 1. The van der Waals surface area contributed by atoms with Crippen molar-refractivity contribution in [2.24, 2.45) is 0 Å². The molecule has 0 aliphatic heterocycles. The summed E-state index contributed by atoms with van der Waals surface area (Å²) in [5.74, 6) is -0.130. The summed E-state index contributed by atoms with van der Waals surface area (Å²) in [6.07, 6.45) is 1.60. The number of nitrogens with zero attached hydrogens (tertiary/aromatic N) is 2. The predicted molar refractivity (Wildman–Crippen MR) is 73.9 cm³/mol. The Morgan fingerprint density at radius 3 is 2.84 bits per heavy atom. The van der Waals surface area contributed by atoms with E-state index in [1.165, 1.54) is 0 Å². The van der Waals surface area contributed by atoms with Crippen molar-refractivity contribution in [1.29, 1.82) is 0 Å². The minimum absolute atomic E-state index is 0.130. The van der Waals surface area contributed by atoms with E-state index in [1.54, 1.807) is 19.3 Å². The molecule has 1 amide bonds. The number of amides is 1. The summed E-state index contributed by atoms with van der Waals surface area (Å²) in [5.41, 5.74) is 3.28. The van der Waals surface area contributed by atoms with Crippen molar-refractivity contribution in [3.05, 3.63) is 53.3 Å². The number of hydrogen-bond donors (Lipinski definition) is 2. The van der Waals surface area contributed by atoms with E-state index in [4.69, 9.17) is 0 Å². The lowest BCUT2D eigenvalue weighted by molar-refractivity contribution is 0.0951. The predicted octanol–water partition coefficient (Wildman–Crippen LogP) is 1.76. The van der Waals surface area contributed by atoms with Gasteiger partial charge in [0, 0.05) is 18.9 Å². The van der Waals surface area contributed by atoms with Crippen LogP contribution in [-0.2, 0) is 6.54 Å². The molecule has 1 aromatic carbocycles. The van der Waals surface area contributed by atoms with E-state index in [9.17, 15) is 4.79 Å². The van der Waals surface area contributed by atoms with Crippen molar-refractivity contribution in [2.45, 2.75) is 13.5 Å². The van der Waals surface area contributed by atoms with Crippen LogP contribution in [0, 0.1) is 6.92 Å². The van der Waals surface area contributed by atoms with Gasteiger partial charge in [-0.25, -0.2) is 0 Å². The second-order valence-electron chi connectivity index (χ2n) is 4.20. The number of carbonyl (C=O) groups is 1. The summed E-state index contributed by atoms with van der Waals surface area (Å²) in [6, 6.07) is 9.28. The summed E-state index contributed by atoms with van der Waals surface area (Å²) in [6.45, 7) is 2.35. The van der Waals surface area contributed by atoms with Gasteiger partial charge in [-0.3, -0.25) is 4.79 Å². The molecule has 0 saturated heterocycles. The Bertz CT molecular complexity index is 569. The third-order valence-electron chi connectivity index (χ3n) is 2.75. The van der Waals surface area contributed by atoms with Crippen LogP contribution in [0.15, 0.2) is 36.5 Å². The Morgan fingerprint density at radius 1 is 1.32 bits per heavy atom. The topological polar surface area (TPSA) is 66.9 Å². The van der Waals surface area contributed by atoms with Crippen molar-refractivity contribution < 1.29 is 4.79 Å². The average Bonchev–Trinajstić information content (AvgIpc) is 2.45. The minimum Gasteiger partial charge on any atom is -0.387 e. The van der Waals surface area contributed by atoms with Gasteiger partial charge < -0.3 is 10.6 Å². The van der Waals surface area contributed by atoms with Crippen LogP contribution < -0.4 is 10.6 Å². The van der Waals surface area contributed by atoms with Gasteiger partial charge in [0.25, 0.3) is 5.91 Å². The monoisotopic (exact) mass is 256 g/mol. The first-order valence-electron chi connectivity index (χ1n) is 6.04. The molecule has 0 saturated carbocycles. The molecule has 2 N–H and O–H groups in total. The maximum atomic E-state index is 12.1. The molecule has 5 heteroatoms. The van der Waals surface area contributed by atoms with E-state index in [-0.39, 0.29) is 5.91 Å². The van der Waals surface area contributed by atoms with Crippen LogP contribution >= 0.6 is 0 Å². The van der Waals surface area contributed by atoms with Gasteiger partial charge in [-0.05, 0) is 36.8 Å². The molecule has 1 aromatic heterocycles. The summed E-state index contributed by atoms with van der Waals surface area (Å²) < 4.78 is 0. The van der Waals surface area contributed by atoms with Crippen molar-refractivity contribution in [3.63, 3.8) is 0 Å². The fourth-order valence-electron chi connectivity index (χ4n) is 1.76. The van der Waals surface area contributed by atoms with E-state index in [0.717, 1.165) is 16.9 Å². The van der Waals surface area contributed by atoms with Gasteiger partial charge in [-0.1, -0.05) is 6.07 Å². The van der Waals surface area contributed by atoms with Gasteiger partial charge >= 0.3 is 0 Å². The quantitative estimate of drug-likeness (QED) is 0.874. The standard InChI is InChI=1S/C14H16N4O/c1-10-5-6-12(13(8-10)15-2)14(19)16-9-11-4-3-7-17-18-11/h3-8,15H,9H2,1-2H3,(H,16,19). The molecule has 0 fully saturated rings. The average molecular weight is 256 g/mol. The van der Waals surface area contributed by atoms with Gasteiger partial charge in [-0.2, -0.15) is 10.2 Å². The number of anilines is 1. The summed E-state index contributed by atoms with van der Waals surface area (Å²) in [5, 5.41) is 13.5. The van der Waals surface area contributed by atoms with E-state index in [1.807, 2.05) is 31.2 Å². The molecular formula is C14H16N4O. The third kappa shape index (κ3) is 3.28. The lowest BCUT2D eigenvalue weighted by Gasteiger charge is -2.10. The van der Waals surface area contributed by atoms with Crippen molar-refractivity contribution in [1.82, 2.24) is 15.5 Å². The first kappa shape index (κ1) is 13.0. The highest BCUT2D eigenvalue weighted by Gasteiger charge is 2.10. The third-order valence-corrected chi connectivity index (χ3v) is 2.75. The van der Waals surface area contributed by atoms with Gasteiger partial charge in [-0.15, -0.1) is 0 Å². The molecule has 0 radical (unpaired) electrons. The van der Waals surface area contributed by atoms with E-state index in [0.29, 0.717) is 12.1 Å². The van der Waals surface area contributed by atoms with E-state index < -0.39 is 0 Å². The van der Waals surface area contributed by atoms with Crippen LogP contribution in [0.1, 0.15) is 21.6 Å². The molecule has 98 valence electrons. The zero-order valence-corrected chi connectivity index (χ0v) is 11.0. The molecule has 1 heterocycles. The molecule has 5 nitrogen and oxygen atoms in total. The van der Waals surface area contributed by atoms with Gasteiger partial charge in [0.15, 0.2) is 0 Å². The van der Waals surface area contributed by atoms with Crippen LogP contribution in [0.4, 0.5) is 5.69 Å². The number of rotatable bonds is 4. The maximum Gasteiger partial charge on any atom is 0.253 e. The van der Waals surface area contributed by atoms with Crippen molar-refractivity contribution in [3.8, 4) is 0 Å². The number of hydrogen-bond acceptors (Lipinski definition) is 4. The highest BCUT2D eigenvalue weighted by molar-refractivity contribution is 5.99. The van der Waals surface area contributed by atoms with Crippen LogP contribution in [0.25, 0.3) is 0 Å². The zero-order chi connectivity index (χ0) is 13.7. The molecule has 0 aliphatic rings. The zero-order valence-electron chi connectivity index (χ0n) is 11.0. The summed E-state index contributed by atoms with van der Waals surface area (Å²) in [7, 11) is 1.80. The molecule has 0 spiro atoms. The minimum atomic E-state index is -0.130. The molecule has 0 unspecified atom stereocenters. The first-order valence-corrected chi connectivity index (χ1v) is 6.04. The molecule has 0 atom stereocenters. The largest absolute Gasteiger partial charge is 0.387 e. The Labute approximate surface area is 112 Å². The number of aromatic nitrogens is 2. The van der Waals surface area contributed by atoms with Gasteiger partial charge in [0.05, 0.1) is 17.8 Å². The fraction of sp³-hybridized carbons (Fsp3) is 0.214. The molecule has 2 rings (SSSR count). The molecule has 0 aliphatic carbocycles. The lowest BCUT2D eigenvalue weighted by atomic mass is 10.1. The lowest BCUT2D eigenvalue weighted by Crippen LogP contribution is -2.24. The summed E-state index contributed by atoms with van der Waals surface area (Å²) in [4.78, 5) is 12.1. The molecular weight excluding hydrogens is 240 g/mol. The van der Waals surface area contributed by atoms with Gasteiger partial charge in [0.1, 0.15) is 0 Å². The smallest absolute Gasteiger partial charge is 0.253 e. The Hall–Kier alpha value is -2.43. The Kier molecular flexibility index (Phi) is 4.07. The molecule has 19 heavy (non-hydrogen) atoms. The second kappa shape index (κ2) is 5.95. The van der Waals surface area contributed by atoms with Crippen LogP contribution in [0.2, 0.25) is 0 Å². The highest BCUT2D eigenvalue weighted by Crippen LogP contribution is 2.16. The number of carbonyl (C=O) groups excluding carboxylic acids is 1.